The van der Waals surface area contributed by atoms with E-state index in [2.05, 4.69) is 31.3 Å². The molecule has 0 saturated carbocycles. The Morgan fingerprint density at radius 1 is 1.11 bits per heavy atom. The van der Waals surface area contributed by atoms with Crippen LogP contribution >= 0.6 is 15.9 Å². The van der Waals surface area contributed by atoms with Gasteiger partial charge in [-0.15, -0.1) is 0 Å². The largest absolute Gasteiger partial charge is 0.335 e. The van der Waals surface area contributed by atoms with Crippen molar-refractivity contribution in [3.63, 3.8) is 0 Å². The molecule has 0 aliphatic heterocycles. The number of halogens is 2. The van der Waals surface area contributed by atoms with E-state index in [9.17, 15) is 14.0 Å². The second-order valence-electron chi connectivity index (χ2n) is 8.56. The molecule has 186 valence electrons. The molecule has 2 heterocycles. The van der Waals surface area contributed by atoms with E-state index >= 15 is 0 Å². The van der Waals surface area contributed by atoms with Crippen LogP contribution in [0.3, 0.4) is 0 Å². The van der Waals surface area contributed by atoms with Crippen molar-refractivity contribution in [2.75, 3.05) is 5.32 Å². The lowest BCUT2D eigenvalue weighted by molar-refractivity contribution is -0.116. The van der Waals surface area contributed by atoms with Gasteiger partial charge in [0.25, 0.3) is 5.56 Å². The lowest BCUT2D eigenvalue weighted by atomic mass is 10.1. The molecule has 0 unspecified atom stereocenters. The summed E-state index contributed by atoms with van der Waals surface area (Å²) in [6.45, 7) is 3.89. The van der Waals surface area contributed by atoms with Crippen molar-refractivity contribution in [3.05, 3.63) is 104 Å². The van der Waals surface area contributed by atoms with Gasteiger partial charge in [-0.25, -0.2) is 9.37 Å². The molecule has 5 rings (SSSR count). The third-order valence-electron chi connectivity index (χ3n) is 6.20. The van der Waals surface area contributed by atoms with E-state index in [4.69, 9.17) is 0 Å². The van der Waals surface area contributed by atoms with Gasteiger partial charge in [0.05, 0.1) is 17.1 Å². The van der Waals surface area contributed by atoms with Crippen molar-refractivity contribution >= 4 is 55.5 Å². The minimum Gasteiger partial charge on any atom is -0.335 e. The van der Waals surface area contributed by atoms with Crippen LogP contribution in [-0.2, 0) is 17.8 Å². The zero-order valence-electron chi connectivity index (χ0n) is 20.2. The number of nitrogens with zero attached hydrogens (tertiary/aromatic N) is 4. The van der Waals surface area contributed by atoms with E-state index in [0.717, 1.165) is 26.6 Å². The Balaban J connectivity index is 1.54. The standard InChI is InChI=1S/C28H23BrFN5O2/c1-3-26-33-24-13-8-18(29)14-22(24)28(37)35(26)31-15-23-17(2)34(25-7-5-4-6-21(23)25)16-27(36)32-20-11-9-19(30)10-12-20/h4-15H,3,16H2,1-2H3,(H,32,36). The number of carbonyl (C=O) groups is 1. The molecule has 1 N–H and O–H groups in total. The third kappa shape index (κ3) is 4.82. The number of benzene rings is 3. The Bertz CT molecular complexity index is 1740. The summed E-state index contributed by atoms with van der Waals surface area (Å²) in [5.41, 5.74) is 3.37. The Labute approximate surface area is 220 Å². The van der Waals surface area contributed by atoms with Crippen LogP contribution in [0.1, 0.15) is 24.0 Å². The highest BCUT2D eigenvalue weighted by Gasteiger charge is 2.16. The molecule has 0 atom stereocenters. The molecule has 5 aromatic rings. The normalized spacial score (nSPS) is 11.6. The fraction of sp³-hybridized carbons (Fsp3) is 0.143. The SMILES string of the molecule is CCc1nc2ccc(Br)cc2c(=O)n1N=Cc1c(C)n(CC(=O)Nc2ccc(F)cc2)c2ccccc12. The lowest BCUT2D eigenvalue weighted by Crippen LogP contribution is -2.22. The van der Waals surface area contributed by atoms with Crippen LogP contribution in [-0.4, -0.2) is 26.3 Å². The van der Waals surface area contributed by atoms with E-state index in [-0.39, 0.29) is 23.8 Å². The van der Waals surface area contributed by atoms with Gasteiger partial charge >= 0.3 is 0 Å². The smallest absolute Gasteiger partial charge is 0.282 e. The molecule has 1 amide bonds. The highest BCUT2D eigenvalue weighted by molar-refractivity contribution is 9.10. The van der Waals surface area contributed by atoms with Crippen LogP contribution in [0.5, 0.6) is 0 Å². The van der Waals surface area contributed by atoms with Gasteiger partial charge in [-0.2, -0.15) is 9.78 Å². The first kappa shape index (κ1) is 24.6. The summed E-state index contributed by atoms with van der Waals surface area (Å²) in [4.78, 5) is 30.7. The Hall–Kier alpha value is -4.11. The van der Waals surface area contributed by atoms with Gasteiger partial charge in [0, 0.05) is 38.7 Å². The number of rotatable bonds is 6. The van der Waals surface area contributed by atoms with E-state index in [1.165, 1.54) is 28.9 Å². The third-order valence-corrected chi connectivity index (χ3v) is 6.70. The first-order chi connectivity index (χ1) is 17.9. The number of para-hydroxylation sites is 1. The maximum atomic E-state index is 13.3. The Kier molecular flexibility index (Phi) is 6.71. The van der Waals surface area contributed by atoms with E-state index in [0.29, 0.717) is 28.8 Å². The molecular weight excluding hydrogens is 537 g/mol. The summed E-state index contributed by atoms with van der Waals surface area (Å²) in [5, 5.41) is 8.74. The average molecular weight is 560 g/mol. The number of hydrogen-bond acceptors (Lipinski definition) is 4. The second-order valence-corrected chi connectivity index (χ2v) is 9.48. The molecule has 7 nitrogen and oxygen atoms in total. The number of aromatic nitrogens is 3. The number of carbonyl (C=O) groups excluding carboxylic acids is 1. The predicted octanol–water partition coefficient (Wildman–Crippen LogP) is 5.64. The van der Waals surface area contributed by atoms with Gasteiger partial charge in [0.2, 0.25) is 5.91 Å². The van der Waals surface area contributed by atoms with Crippen molar-refractivity contribution in [2.45, 2.75) is 26.8 Å². The topological polar surface area (TPSA) is 81.3 Å². The summed E-state index contributed by atoms with van der Waals surface area (Å²) in [7, 11) is 0. The zero-order valence-corrected chi connectivity index (χ0v) is 21.8. The molecule has 37 heavy (non-hydrogen) atoms. The molecule has 0 spiro atoms. The van der Waals surface area contributed by atoms with Gasteiger partial charge in [-0.3, -0.25) is 9.59 Å². The van der Waals surface area contributed by atoms with Gasteiger partial charge in [-0.1, -0.05) is 41.1 Å². The molecule has 0 aliphatic rings. The summed E-state index contributed by atoms with van der Waals surface area (Å²) >= 11 is 3.42. The maximum Gasteiger partial charge on any atom is 0.282 e. The van der Waals surface area contributed by atoms with E-state index in [1.807, 2.05) is 54.8 Å². The van der Waals surface area contributed by atoms with Gasteiger partial charge in [0.15, 0.2) is 0 Å². The van der Waals surface area contributed by atoms with Crippen molar-refractivity contribution in [3.8, 4) is 0 Å². The molecule has 0 radical (unpaired) electrons. The second kappa shape index (κ2) is 10.1. The molecule has 0 fully saturated rings. The lowest BCUT2D eigenvalue weighted by Gasteiger charge is -2.10. The summed E-state index contributed by atoms with van der Waals surface area (Å²) in [6, 6.07) is 18.8. The van der Waals surface area contributed by atoms with Crippen molar-refractivity contribution in [1.82, 2.24) is 14.2 Å². The number of aryl methyl sites for hydroxylation is 1. The molecule has 3 aromatic carbocycles. The molecule has 0 aliphatic carbocycles. The quantitative estimate of drug-likeness (QED) is 0.273. The van der Waals surface area contributed by atoms with Gasteiger partial charge in [0.1, 0.15) is 18.2 Å². The molecule has 2 aromatic heterocycles. The average Bonchev–Trinajstić information content (AvgIpc) is 3.15. The van der Waals surface area contributed by atoms with E-state index < -0.39 is 0 Å². The molecular formula is C28H23BrFN5O2. The number of anilines is 1. The highest BCUT2D eigenvalue weighted by Crippen LogP contribution is 2.25. The number of fused-ring (bicyclic) bond motifs is 2. The highest BCUT2D eigenvalue weighted by atomic mass is 79.9. The van der Waals surface area contributed by atoms with Crippen molar-refractivity contribution in [2.24, 2.45) is 5.10 Å². The number of nitrogens with one attached hydrogen (secondary N) is 1. The Morgan fingerprint density at radius 3 is 2.62 bits per heavy atom. The van der Waals surface area contributed by atoms with Crippen LogP contribution in [0.2, 0.25) is 0 Å². The number of hydrogen-bond donors (Lipinski definition) is 1. The fourth-order valence-corrected chi connectivity index (χ4v) is 4.72. The minimum absolute atomic E-state index is 0.0588. The van der Waals surface area contributed by atoms with Gasteiger partial charge < -0.3 is 9.88 Å². The summed E-state index contributed by atoms with van der Waals surface area (Å²) in [6.07, 6.45) is 2.18. The number of amides is 1. The summed E-state index contributed by atoms with van der Waals surface area (Å²) in [5.74, 6) is -0.0577. The van der Waals surface area contributed by atoms with E-state index in [1.54, 1.807) is 12.3 Å². The van der Waals surface area contributed by atoms with Crippen LogP contribution in [0, 0.1) is 12.7 Å². The maximum absolute atomic E-state index is 13.3. The van der Waals surface area contributed by atoms with Crippen LogP contribution in [0.4, 0.5) is 10.1 Å². The zero-order chi connectivity index (χ0) is 26.1. The van der Waals surface area contributed by atoms with Crippen LogP contribution < -0.4 is 10.9 Å². The molecule has 0 bridgehead atoms. The first-order valence-electron chi connectivity index (χ1n) is 11.7. The van der Waals surface area contributed by atoms with Gasteiger partial charge in [-0.05, 0) is 55.5 Å². The summed E-state index contributed by atoms with van der Waals surface area (Å²) < 4.78 is 17.2. The minimum atomic E-state index is -0.367. The van der Waals surface area contributed by atoms with Crippen molar-refractivity contribution < 1.29 is 9.18 Å². The van der Waals surface area contributed by atoms with Crippen molar-refractivity contribution in [1.29, 1.82) is 0 Å². The van der Waals surface area contributed by atoms with Crippen LogP contribution in [0.15, 0.2) is 81.1 Å². The molecule has 0 saturated heterocycles. The first-order valence-corrected chi connectivity index (χ1v) is 12.5. The predicted molar refractivity (Wildman–Crippen MR) is 148 cm³/mol. The Morgan fingerprint density at radius 2 is 1.86 bits per heavy atom. The molecule has 9 heteroatoms. The fourth-order valence-electron chi connectivity index (χ4n) is 4.36. The van der Waals surface area contributed by atoms with Crippen LogP contribution in [0.25, 0.3) is 21.8 Å². The monoisotopic (exact) mass is 559 g/mol.